The average Bonchev–Trinajstić information content (AvgIpc) is 2.76. The lowest BCUT2D eigenvalue weighted by molar-refractivity contribution is -0.122. The summed E-state index contributed by atoms with van der Waals surface area (Å²) < 4.78 is 14.7. The molecule has 0 atom stereocenters. The van der Waals surface area contributed by atoms with E-state index < -0.39 is 11.7 Å². The van der Waals surface area contributed by atoms with Gasteiger partial charge in [-0.25, -0.2) is 9.49 Å². The number of hydrogen-bond acceptors (Lipinski definition) is 4. The standard InChI is InChI=1S/C23H23FN4O3/c24-19-11-13(12-20-16-3-1-2-4-17(16)23(31)28-27-20)5-10-18(19)22(30)26-15-8-6-14(7-9-15)21(25)29/h1-5,10-11,14-15H,6-9,12H2,(H2,25,29)(H,26,30)(H,28,31). The summed E-state index contributed by atoms with van der Waals surface area (Å²) in [4.78, 5) is 35.7. The molecule has 1 saturated carbocycles. The lowest BCUT2D eigenvalue weighted by Gasteiger charge is -2.27. The summed E-state index contributed by atoms with van der Waals surface area (Å²) in [5, 5.41) is 10.7. The molecule has 7 nitrogen and oxygen atoms in total. The summed E-state index contributed by atoms with van der Waals surface area (Å²) in [6, 6.07) is 11.5. The van der Waals surface area contributed by atoms with Gasteiger partial charge < -0.3 is 11.1 Å². The molecule has 1 aliphatic rings. The topological polar surface area (TPSA) is 118 Å². The quantitative estimate of drug-likeness (QED) is 0.585. The monoisotopic (exact) mass is 422 g/mol. The van der Waals surface area contributed by atoms with E-state index in [9.17, 15) is 18.8 Å². The molecule has 1 aromatic heterocycles. The van der Waals surface area contributed by atoms with Crippen molar-refractivity contribution in [1.29, 1.82) is 0 Å². The third-order valence-electron chi connectivity index (χ3n) is 5.89. The van der Waals surface area contributed by atoms with Crippen molar-refractivity contribution in [2.45, 2.75) is 38.1 Å². The van der Waals surface area contributed by atoms with Crippen molar-refractivity contribution >= 4 is 22.6 Å². The Morgan fingerprint density at radius 3 is 2.48 bits per heavy atom. The maximum atomic E-state index is 14.7. The minimum atomic E-state index is -0.616. The Morgan fingerprint density at radius 1 is 1.10 bits per heavy atom. The molecule has 31 heavy (non-hydrogen) atoms. The molecule has 4 rings (SSSR count). The molecule has 0 radical (unpaired) electrons. The number of aromatic nitrogens is 2. The summed E-state index contributed by atoms with van der Waals surface area (Å²) >= 11 is 0. The van der Waals surface area contributed by atoms with E-state index >= 15 is 0 Å². The molecule has 4 N–H and O–H groups in total. The number of hydrogen-bond donors (Lipinski definition) is 3. The number of H-pyrrole nitrogens is 1. The lowest BCUT2D eigenvalue weighted by Crippen LogP contribution is -2.40. The number of halogens is 1. The number of primary amides is 1. The van der Waals surface area contributed by atoms with Crippen molar-refractivity contribution in [1.82, 2.24) is 15.5 Å². The van der Waals surface area contributed by atoms with Gasteiger partial charge in [-0.05, 0) is 49.4 Å². The molecule has 2 amide bonds. The Labute approximate surface area is 177 Å². The van der Waals surface area contributed by atoms with Crippen molar-refractivity contribution in [3.63, 3.8) is 0 Å². The number of nitrogens with zero attached hydrogens (tertiary/aromatic N) is 1. The third-order valence-corrected chi connectivity index (χ3v) is 5.89. The number of carbonyl (C=O) groups excluding carboxylic acids is 2. The average molecular weight is 422 g/mol. The van der Waals surface area contributed by atoms with Gasteiger partial charge in [0.2, 0.25) is 5.91 Å². The van der Waals surface area contributed by atoms with Crippen LogP contribution in [0.3, 0.4) is 0 Å². The van der Waals surface area contributed by atoms with Gasteiger partial charge in [0, 0.05) is 23.8 Å². The zero-order chi connectivity index (χ0) is 22.0. The van der Waals surface area contributed by atoms with Gasteiger partial charge in [0.1, 0.15) is 5.82 Å². The maximum absolute atomic E-state index is 14.7. The molecule has 0 spiro atoms. The molecule has 1 aliphatic carbocycles. The van der Waals surface area contributed by atoms with Gasteiger partial charge >= 0.3 is 0 Å². The molecule has 0 aliphatic heterocycles. The molecular formula is C23H23FN4O3. The van der Waals surface area contributed by atoms with E-state index in [2.05, 4.69) is 15.5 Å². The molecule has 0 unspecified atom stereocenters. The van der Waals surface area contributed by atoms with Crippen LogP contribution >= 0.6 is 0 Å². The zero-order valence-corrected chi connectivity index (χ0v) is 16.9. The van der Waals surface area contributed by atoms with Crippen molar-refractivity contribution in [2.75, 3.05) is 0 Å². The number of benzene rings is 2. The zero-order valence-electron chi connectivity index (χ0n) is 16.9. The highest BCUT2D eigenvalue weighted by atomic mass is 19.1. The van der Waals surface area contributed by atoms with Crippen LogP contribution in [-0.2, 0) is 11.2 Å². The SMILES string of the molecule is NC(=O)C1CCC(NC(=O)c2ccc(Cc3n[nH]c(=O)c4ccccc34)cc2F)CC1. The number of aromatic amines is 1. The van der Waals surface area contributed by atoms with Gasteiger partial charge in [0.05, 0.1) is 16.6 Å². The van der Waals surface area contributed by atoms with E-state index in [1.54, 1.807) is 24.3 Å². The summed E-state index contributed by atoms with van der Waals surface area (Å²) in [7, 11) is 0. The first-order chi connectivity index (χ1) is 14.9. The number of carbonyl (C=O) groups is 2. The van der Waals surface area contributed by atoms with E-state index in [0.717, 1.165) is 0 Å². The van der Waals surface area contributed by atoms with Gasteiger partial charge in [0.15, 0.2) is 0 Å². The molecular weight excluding hydrogens is 399 g/mol. The van der Waals surface area contributed by atoms with E-state index in [0.29, 0.717) is 54.1 Å². The van der Waals surface area contributed by atoms with Crippen LogP contribution in [0.2, 0.25) is 0 Å². The fourth-order valence-electron chi connectivity index (χ4n) is 4.14. The molecule has 1 fully saturated rings. The molecule has 3 aromatic rings. The highest BCUT2D eigenvalue weighted by molar-refractivity contribution is 5.94. The van der Waals surface area contributed by atoms with Gasteiger partial charge in [-0.1, -0.05) is 24.3 Å². The second-order valence-corrected chi connectivity index (χ2v) is 7.96. The number of nitrogens with one attached hydrogen (secondary N) is 2. The van der Waals surface area contributed by atoms with Crippen LogP contribution in [-0.4, -0.2) is 28.1 Å². The molecule has 160 valence electrons. The number of rotatable bonds is 5. The largest absolute Gasteiger partial charge is 0.369 e. The van der Waals surface area contributed by atoms with Crippen LogP contribution in [0.1, 0.15) is 47.3 Å². The smallest absolute Gasteiger partial charge is 0.272 e. The highest BCUT2D eigenvalue weighted by Gasteiger charge is 2.26. The van der Waals surface area contributed by atoms with Crippen LogP contribution in [0, 0.1) is 11.7 Å². The van der Waals surface area contributed by atoms with Gasteiger partial charge in [-0.3, -0.25) is 14.4 Å². The predicted molar refractivity (Wildman–Crippen MR) is 114 cm³/mol. The predicted octanol–water partition coefficient (Wildman–Crippen LogP) is 2.43. The molecule has 0 saturated heterocycles. The van der Waals surface area contributed by atoms with Crippen LogP contribution in [0.4, 0.5) is 4.39 Å². The fourth-order valence-corrected chi connectivity index (χ4v) is 4.14. The number of amides is 2. The van der Waals surface area contributed by atoms with Crippen LogP contribution in [0.25, 0.3) is 10.8 Å². The second-order valence-electron chi connectivity index (χ2n) is 7.96. The first kappa shape index (κ1) is 20.7. The van der Waals surface area contributed by atoms with Gasteiger partial charge in [-0.15, -0.1) is 0 Å². The number of nitrogens with two attached hydrogens (primary N) is 1. The minimum Gasteiger partial charge on any atom is -0.369 e. The van der Waals surface area contributed by atoms with Crippen LogP contribution in [0.5, 0.6) is 0 Å². The summed E-state index contributed by atoms with van der Waals surface area (Å²) in [5.41, 5.74) is 6.29. The minimum absolute atomic E-state index is 0.0277. The molecule has 2 aromatic carbocycles. The fraction of sp³-hybridized carbons (Fsp3) is 0.304. The Bertz CT molecular complexity index is 1200. The van der Waals surface area contributed by atoms with Crippen LogP contribution < -0.4 is 16.6 Å². The van der Waals surface area contributed by atoms with Gasteiger partial charge in [0.25, 0.3) is 11.5 Å². The summed E-state index contributed by atoms with van der Waals surface area (Å²) in [6.45, 7) is 0. The lowest BCUT2D eigenvalue weighted by atomic mass is 9.85. The van der Waals surface area contributed by atoms with Crippen molar-refractivity contribution in [3.05, 3.63) is 75.5 Å². The van der Waals surface area contributed by atoms with E-state index in [-0.39, 0.29) is 29.0 Å². The van der Waals surface area contributed by atoms with E-state index in [4.69, 9.17) is 5.73 Å². The van der Waals surface area contributed by atoms with Crippen LogP contribution in [0.15, 0.2) is 47.3 Å². The maximum Gasteiger partial charge on any atom is 0.272 e. The molecule has 1 heterocycles. The Morgan fingerprint density at radius 2 is 1.81 bits per heavy atom. The Balaban J connectivity index is 1.46. The van der Waals surface area contributed by atoms with Crippen molar-refractivity contribution < 1.29 is 14.0 Å². The van der Waals surface area contributed by atoms with E-state index in [1.165, 1.54) is 12.1 Å². The number of fused-ring (bicyclic) bond motifs is 1. The van der Waals surface area contributed by atoms with Crippen molar-refractivity contribution in [2.24, 2.45) is 11.7 Å². The summed E-state index contributed by atoms with van der Waals surface area (Å²) in [6.07, 6.45) is 2.85. The molecule has 0 bridgehead atoms. The first-order valence-corrected chi connectivity index (χ1v) is 10.3. The highest BCUT2D eigenvalue weighted by Crippen LogP contribution is 2.24. The summed E-state index contributed by atoms with van der Waals surface area (Å²) in [5.74, 6) is -1.55. The Hall–Kier alpha value is -3.55. The van der Waals surface area contributed by atoms with Gasteiger partial charge in [-0.2, -0.15) is 5.10 Å². The van der Waals surface area contributed by atoms with Crippen molar-refractivity contribution in [3.8, 4) is 0 Å². The normalized spacial score (nSPS) is 18.6. The first-order valence-electron chi connectivity index (χ1n) is 10.3. The third kappa shape index (κ3) is 4.47. The second kappa shape index (κ2) is 8.67. The molecule has 8 heteroatoms. The Kier molecular flexibility index (Phi) is 5.79. The van der Waals surface area contributed by atoms with E-state index in [1.807, 2.05) is 6.07 Å².